The zero-order valence-corrected chi connectivity index (χ0v) is 8.80. The van der Waals surface area contributed by atoms with E-state index in [0.717, 1.165) is 0 Å². The number of benzene rings is 1. The SMILES string of the molecule is NC/C(F)=C\Cc1cccc(OC(F)(F)F)c1. The molecule has 0 bridgehead atoms. The molecule has 0 radical (unpaired) electrons. The third-order valence-corrected chi connectivity index (χ3v) is 1.89. The number of hydrogen-bond donors (Lipinski definition) is 1. The van der Waals surface area contributed by atoms with Gasteiger partial charge >= 0.3 is 6.36 Å². The highest BCUT2D eigenvalue weighted by molar-refractivity contribution is 5.30. The molecule has 0 unspecified atom stereocenters. The first-order chi connectivity index (χ1) is 7.90. The van der Waals surface area contributed by atoms with Crippen LogP contribution in [0, 0.1) is 0 Å². The first-order valence-electron chi connectivity index (χ1n) is 4.80. The Morgan fingerprint density at radius 1 is 1.35 bits per heavy atom. The summed E-state index contributed by atoms with van der Waals surface area (Å²) in [5.74, 6) is -0.830. The first-order valence-corrected chi connectivity index (χ1v) is 4.80. The van der Waals surface area contributed by atoms with Crippen molar-refractivity contribution in [1.29, 1.82) is 0 Å². The predicted octanol–water partition coefficient (Wildman–Crippen LogP) is 2.94. The molecule has 0 aliphatic carbocycles. The summed E-state index contributed by atoms with van der Waals surface area (Å²) in [6, 6.07) is 5.36. The number of nitrogens with two attached hydrogens (primary N) is 1. The maximum atomic E-state index is 12.7. The van der Waals surface area contributed by atoms with E-state index < -0.39 is 12.2 Å². The van der Waals surface area contributed by atoms with Crippen molar-refractivity contribution in [3.05, 3.63) is 41.7 Å². The molecule has 0 aromatic heterocycles. The van der Waals surface area contributed by atoms with E-state index in [9.17, 15) is 17.6 Å². The lowest BCUT2D eigenvalue weighted by molar-refractivity contribution is -0.274. The van der Waals surface area contributed by atoms with Crippen LogP contribution in [0.1, 0.15) is 5.56 Å². The average molecular weight is 249 g/mol. The maximum Gasteiger partial charge on any atom is 0.573 e. The fourth-order valence-corrected chi connectivity index (χ4v) is 1.18. The summed E-state index contributed by atoms with van der Waals surface area (Å²) in [4.78, 5) is 0. The van der Waals surface area contributed by atoms with Crippen molar-refractivity contribution in [1.82, 2.24) is 0 Å². The van der Waals surface area contributed by atoms with E-state index in [1.54, 1.807) is 6.07 Å². The Hall–Kier alpha value is -1.56. The lowest BCUT2D eigenvalue weighted by Crippen LogP contribution is -2.17. The van der Waals surface area contributed by atoms with Crippen LogP contribution in [0.5, 0.6) is 5.75 Å². The molecule has 0 saturated heterocycles. The summed E-state index contributed by atoms with van der Waals surface area (Å²) in [7, 11) is 0. The standard InChI is InChI=1S/C11H11F4NO/c12-9(7-16)5-4-8-2-1-3-10(6-8)17-11(13,14)15/h1-3,5-6H,4,7,16H2/b9-5+. The third kappa shape index (κ3) is 5.35. The second-order valence-corrected chi connectivity index (χ2v) is 3.25. The fourth-order valence-electron chi connectivity index (χ4n) is 1.18. The van der Waals surface area contributed by atoms with Gasteiger partial charge in [0.15, 0.2) is 0 Å². The van der Waals surface area contributed by atoms with Gasteiger partial charge in [0, 0.05) is 6.54 Å². The van der Waals surface area contributed by atoms with E-state index in [2.05, 4.69) is 4.74 Å². The molecule has 0 heterocycles. The first kappa shape index (κ1) is 13.5. The molecule has 0 amide bonds. The Bertz CT molecular complexity index is 401. The van der Waals surface area contributed by atoms with Crippen LogP contribution < -0.4 is 10.5 Å². The lowest BCUT2D eigenvalue weighted by atomic mass is 10.1. The summed E-state index contributed by atoms with van der Waals surface area (Å²) in [6.45, 7) is -0.223. The zero-order valence-electron chi connectivity index (χ0n) is 8.80. The monoisotopic (exact) mass is 249 g/mol. The highest BCUT2D eigenvalue weighted by Gasteiger charge is 2.30. The summed E-state index contributed by atoms with van der Waals surface area (Å²) in [5, 5.41) is 0. The second-order valence-electron chi connectivity index (χ2n) is 3.25. The predicted molar refractivity (Wildman–Crippen MR) is 55.1 cm³/mol. The van der Waals surface area contributed by atoms with Crippen molar-refractivity contribution in [2.24, 2.45) is 5.73 Å². The van der Waals surface area contributed by atoms with Crippen LogP contribution in [0.3, 0.4) is 0 Å². The minimum Gasteiger partial charge on any atom is -0.406 e. The molecule has 0 atom stereocenters. The molecule has 1 aromatic rings. The molecule has 1 rings (SSSR count). The van der Waals surface area contributed by atoms with Crippen LogP contribution >= 0.6 is 0 Å². The topological polar surface area (TPSA) is 35.2 Å². The molecule has 1 aromatic carbocycles. The van der Waals surface area contributed by atoms with Gasteiger partial charge in [0.25, 0.3) is 0 Å². The Labute approximate surface area is 95.7 Å². The molecule has 94 valence electrons. The molecular formula is C11H11F4NO. The van der Waals surface area contributed by atoms with Gasteiger partial charge in [0.05, 0.1) is 0 Å². The van der Waals surface area contributed by atoms with E-state index >= 15 is 0 Å². The summed E-state index contributed by atoms with van der Waals surface area (Å²) >= 11 is 0. The molecule has 2 N–H and O–H groups in total. The number of ether oxygens (including phenoxy) is 1. The van der Waals surface area contributed by atoms with Gasteiger partial charge in [-0.2, -0.15) is 0 Å². The number of halogens is 4. The van der Waals surface area contributed by atoms with E-state index in [1.165, 1.54) is 24.3 Å². The van der Waals surface area contributed by atoms with Gasteiger partial charge in [0.1, 0.15) is 11.6 Å². The Kier molecular flexibility index (Phi) is 4.51. The van der Waals surface area contributed by atoms with Gasteiger partial charge in [-0.1, -0.05) is 12.1 Å². The third-order valence-electron chi connectivity index (χ3n) is 1.89. The van der Waals surface area contributed by atoms with Crippen molar-refractivity contribution < 1.29 is 22.3 Å². The summed E-state index contributed by atoms with van der Waals surface area (Å²) in [5.41, 5.74) is 5.54. The summed E-state index contributed by atoms with van der Waals surface area (Å²) in [6.07, 6.45) is -3.35. The minimum atomic E-state index is -4.73. The van der Waals surface area contributed by atoms with Crippen molar-refractivity contribution in [2.45, 2.75) is 12.8 Å². The van der Waals surface area contributed by atoms with Gasteiger partial charge in [-0.15, -0.1) is 13.2 Å². The highest BCUT2D eigenvalue weighted by atomic mass is 19.4. The van der Waals surface area contributed by atoms with Gasteiger partial charge in [-0.05, 0) is 30.2 Å². The molecule has 2 nitrogen and oxygen atoms in total. The van der Waals surface area contributed by atoms with E-state index in [0.29, 0.717) is 5.56 Å². The molecule has 0 aliphatic rings. The fraction of sp³-hybridized carbons (Fsp3) is 0.273. The van der Waals surface area contributed by atoms with Crippen LogP contribution in [0.4, 0.5) is 17.6 Å². The average Bonchev–Trinajstić information content (AvgIpc) is 2.24. The zero-order chi connectivity index (χ0) is 12.9. The van der Waals surface area contributed by atoms with Gasteiger partial charge in [-0.3, -0.25) is 0 Å². The largest absolute Gasteiger partial charge is 0.573 e. The molecule has 0 spiro atoms. The lowest BCUT2D eigenvalue weighted by Gasteiger charge is -2.09. The molecule has 0 fully saturated rings. The van der Waals surface area contributed by atoms with Crippen LogP contribution in [-0.2, 0) is 6.42 Å². The number of rotatable bonds is 4. The van der Waals surface area contributed by atoms with Gasteiger partial charge in [0.2, 0.25) is 0 Å². The Morgan fingerprint density at radius 3 is 2.65 bits per heavy atom. The van der Waals surface area contributed by atoms with Crippen molar-refractivity contribution in [3.63, 3.8) is 0 Å². The second kappa shape index (κ2) is 5.67. The Morgan fingerprint density at radius 2 is 2.06 bits per heavy atom. The van der Waals surface area contributed by atoms with Crippen molar-refractivity contribution in [3.8, 4) is 5.75 Å². The van der Waals surface area contributed by atoms with Crippen LogP contribution in [0.2, 0.25) is 0 Å². The molecular weight excluding hydrogens is 238 g/mol. The van der Waals surface area contributed by atoms with Gasteiger partial charge in [-0.25, -0.2) is 4.39 Å². The number of hydrogen-bond acceptors (Lipinski definition) is 2. The molecule has 0 aliphatic heterocycles. The number of alkyl halides is 3. The van der Waals surface area contributed by atoms with Crippen molar-refractivity contribution in [2.75, 3.05) is 6.54 Å². The van der Waals surface area contributed by atoms with Crippen LogP contribution in [0.15, 0.2) is 36.2 Å². The maximum absolute atomic E-state index is 12.7. The molecule has 0 saturated carbocycles. The summed E-state index contributed by atoms with van der Waals surface area (Å²) < 4.78 is 52.2. The van der Waals surface area contributed by atoms with Crippen LogP contribution in [0.25, 0.3) is 0 Å². The van der Waals surface area contributed by atoms with E-state index in [4.69, 9.17) is 5.73 Å². The quantitative estimate of drug-likeness (QED) is 0.832. The Balaban J connectivity index is 2.73. The van der Waals surface area contributed by atoms with Crippen LogP contribution in [-0.4, -0.2) is 12.9 Å². The molecule has 17 heavy (non-hydrogen) atoms. The van der Waals surface area contributed by atoms with E-state index in [1.807, 2.05) is 0 Å². The van der Waals surface area contributed by atoms with E-state index in [-0.39, 0.29) is 18.7 Å². The highest BCUT2D eigenvalue weighted by Crippen LogP contribution is 2.23. The number of allylic oxidation sites excluding steroid dienone is 1. The normalized spacial score (nSPS) is 12.6. The van der Waals surface area contributed by atoms with Gasteiger partial charge < -0.3 is 10.5 Å². The minimum absolute atomic E-state index is 0.165. The smallest absolute Gasteiger partial charge is 0.406 e. The van der Waals surface area contributed by atoms with Crippen molar-refractivity contribution >= 4 is 0 Å². The molecule has 6 heteroatoms.